The highest BCUT2D eigenvalue weighted by Crippen LogP contribution is 2.19. The minimum Gasteiger partial charge on any atom is -0.381 e. The molecule has 1 aliphatic rings. The number of anilines is 1. The van der Waals surface area contributed by atoms with E-state index in [-0.39, 0.29) is 11.8 Å². The predicted octanol–water partition coefficient (Wildman–Crippen LogP) is 1.69. The highest BCUT2D eigenvalue weighted by molar-refractivity contribution is 5.81. The topological polar surface area (TPSA) is 67.6 Å². The van der Waals surface area contributed by atoms with Gasteiger partial charge in [-0.2, -0.15) is 0 Å². The van der Waals surface area contributed by atoms with E-state index in [1.165, 1.54) is 11.3 Å². The van der Waals surface area contributed by atoms with E-state index in [4.69, 9.17) is 10.5 Å². The van der Waals surface area contributed by atoms with E-state index in [0.29, 0.717) is 19.8 Å². The summed E-state index contributed by atoms with van der Waals surface area (Å²) in [6.07, 6.45) is 1.75. The zero-order valence-electron chi connectivity index (χ0n) is 14.3. The maximum Gasteiger partial charge on any atom is 0.237 e. The number of hydrogen-bond donors (Lipinski definition) is 2. The lowest BCUT2D eigenvalue weighted by atomic mass is 9.92. The molecule has 1 aliphatic heterocycles. The molecule has 0 spiro atoms. The average molecular weight is 319 g/mol. The lowest BCUT2D eigenvalue weighted by Gasteiger charge is -2.28. The summed E-state index contributed by atoms with van der Waals surface area (Å²) in [6, 6.07) is 7.89. The Morgan fingerprint density at radius 2 is 2.09 bits per heavy atom. The van der Waals surface area contributed by atoms with Crippen LogP contribution in [0.2, 0.25) is 0 Å². The molecule has 2 rings (SSSR count). The Morgan fingerprint density at radius 1 is 1.39 bits per heavy atom. The van der Waals surface area contributed by atoms with E-state index in [2.05, 4.69) is 36.2 Å². The number of amides is 1. The molecule has 0 saturated carbocycles. The van der Waals surface area contributed by atoms with Crippen LogP contribution in [-0.4, -0.2) is 44.8 Å². The zero-order valence-corrected chi connectivity index (χ0v) is 14.3. The fourth-order valence-electron chi connectivity index (χ4n) is 3.09. The van der Waals surface area contributed by atoms with Gasteiger partial charge in [-0.05, 0) is 44.2 Å². The van der Waals surface area contributed by atoms with Crippen molar-refractivity contribution in [3.63, 3.8) is 0 Å². The molecule has 1 atom stereocenters. The minimum atomic E-state index is -0.424. The Balaban J connectivity index is 1.80. The van der Waals surface area contributed by atoms with Gasteiger partial charge >= 0.3 is 0 Å². The smallest absolute Gasteiger partial charge is 0.237 e. The molecule has 1 aromatic rings. The van der Waals surface area contributed by atoms with Gasteiger partial charge in [0, 0.05) is 38.5 Å². The first-order chi connectivity index (χ1) is 11.1. The van der Waals surface area contributed by atoms with Gasteiger partial charge in [0.25, 0.3) is 0 Å². The molecule has 5 nitrogen and oxygen atoms in total. The summed E-state index contributed by atoms with van der Waals surface area (Å²) in [6.45, 7) is 7.96. The molecule has 128 valence electrons. The van der Waals surface area contributed by atoms with Gasteiger partial charge in [-0.1, -0.05) is 18.2 Å². The van der Waals surface area contributed by atoms with Crippen molar-refractivity contribution in [2.75, 3.05) is 37.7 Å². The van der Waals surface area contributed by atoms with E-state index in [9.17, 15) is 4.79 Å². The first-order valence-corrected chi connectivity index (χ1v) is 8.55. The highest BCUT2D eigenvalue weighted by atomic mass is 16.5. The van der Waals surface area contributed by atoms with Crippen LogP contribution in [0.4, 0.5) is 5.69 Å². The van der Waals surface area contributed by atoms with Gasteiger partial charge in [0.15, 0.2) is 0 Å². The molecule has 1 unspecified atom stereocenters. The lowest BCUT2D eigenvalue weighted by Crippen LogP contribution is -2.48. The number of carbonyl (C=O) groups is 1. The van der Waals surface area contributed by atoms with Crippen LogP contribution in [-0.2, 0) is 9.53 Å². The SMILES string of the molecule is CCN(CCNC(=O)C(N)C1CCOCC1)c1ccccc1C. The molecular formula is C18H29N3O2. The standard InChI is InChI=1S/C18H29N3O2/c1-3-21(16-7-5-4-6-14(16)2)11-10-20-18(22)17(19)15-8-12-23-13-9-15/h4-7,15,17H,3,8-13,19H2,1-2H3,(H,20,22). The lowest BCUT2D eigenvalue weighted by molar-refractivity contribution is -0.124. The first-order valence-electron chi connectivity index (χ1n) is 8.55. The molecule has 3 N–H and O–H groups in total. The highest BCUT2D eigenvalue weighted by Gasteiger charge is 2.26. The second-order valence-electron chi connectivity index (χ2n) is 6.13. The van der Waals surface area contributed by atoms with Crippen LogP contribution in [0.25, 0.3) is 0 Å². The summed E-state index contributed by atoms with van der Waals surface area (Å²) < 4.78 is 5.32. The van der Waals surface area contributed by atoms with E-state index in [1.807, 2.05) is 12.1 Å². The number of nitrogens with two attached hydrogens (primary N) is 1. The number of carbonyl (C=O) groups excluding carboxylic acids is 1. The monoisotopic (exact) mass is 319 g/mol. The second-order valence-corrected chi connectivity index (χ2v) is 6.13. The fourth-order valence-corrected chi connectivity index (χ4v) is 3.09. The number of benzene rings is 1. The summed E-state index contributed by atoms with van der Waals surface area (Å²) in [5, 5.41) is 2.99. The number of aryl methyl sites for hydroxylation is 1. The van der Waals surface area contributed by atoms with Crippen molar-refractivity contribution in [2.24, 2.45) is 11.7 Å². The Morgan fingerprint density at radius 3 is 2.74 bits per heavy atom. The van der Waals surface area contributed by atoms with Crippen molar-refractivity contribution in [1.29, 1.82) is 0 Å². The maximum absolute atomic E-state index is 12.2. The molecule has 0 aromatic heterocycles. The van der Waals surface area contributed by atoms with E-state index in [1.54, 1.807) is 0 Å². The van der Waals surface area contributed by atoms with Crippen molar-refractivity contribution in [1.82, 2.24) is 5.32 Å². The van der Waals surface area contributed by atoms with Crippen molar-refractivity contribution in [3.8, 4) is 0 Å². The first kappa shape index (κ1) is 17.8. The Labute approximate surface area is 139 Å². The molecule has 1 amide bonds. The largest absolute Gasteiger partial charge is 0.381 e. The zero-order chi connectivity index (χ0) is 16.7. The molecule has 1 aromatic carbocycles. The van der Waals surface area contributed by atoms with Crippen LogP contribution in [0.5, 0.6) is 0 Å². The maximum atomic E-state index is 12.2. The molecule has 1 fully saturated rings. The number of ether oxygens (including phenoxy) is 1. The Bertz CT molecular complexity index is 501. The normalized spacial score (nSPS) is 16.8. The van der Waals surface area contributed by atoms with Crippen molar-refractivity contribution >= 4 is 11.6 Å². The number of hydrogen-bond acceptors (Lipinski definition) is 4. The van der Waals surface area contributed by atoms with Gasteiger partial charge < -0.3 is 20.7 Å². The third-order valence-corrected chi connectivity index (χ3v) is 4.60. The van der Waals surface area contributed by atoms with Crippen molar-refractivity contribution in [2.45, 2.75) is 32.7 Å². The van der Waals surface area contributed by atoms with Crippen LogP contribution < -0.4 is 16.0 Å². The average Bonchev–Trinajstić information content (AvgIpc) is 2.59. The summed E-state index contributed by atoms with van der Waals surface area (Å²) in [5.41, 5.74) is 8.57. The van der Waals surface area contributed by atoms with Crippen LogP contribution >= 0.6 is 0 Å². The number of nitrogens with one attached hydrogen (secondary N) is 1. The molecule has 5 heteroatoms. The Hall–Kier alpha value is -1.59. The van der Waals surface area contributed by atoms with Crippen molar-refractivity contribution in [3.05, 3.63) is 29.8 Å². The summed E-state index contributed by atoms with van der Waals surface area (Å²) in [7, 11) is 0. The third-order valence-electron chi connectivity index (χ3n) is 4.60. The Kier molecular flexibility index (Phi) is 6.86. The predicted molar refractivity (Wildman–Crippen MR) is 93.6 cm³/mol. The van der Waals surface area contributed by atoms with Gasteiger partial charge in [-0.25, -0.2) is 0 Å². The van der Waals surface area contributed by atoms with Crippen molar-refractivity contribution < 1.29 is 9.53 Å². The summed E-state index contributed by atoms with van der Waals surface area (Å²) in [5.74, 6) is 0.195. The number of nitrogens with zero attached hydrogens (tertiary/aromatic N) is 1. The molecule has 1 heterocycles. The third kappa shape index (κ3) is 4.94. The van der Waals surface area contributed by atoms with Gasteiger partial charge in [0.1, 0.15) is 0 Å². The van der Waals surface area contributed by atoms with Crippen LogP contribution in [0.3, 0.4) is 0 Å². The minimum absolute atomic E-state index is 0.0438. The van der Waals surface area contributed by atoms with E-state index >= 15 is 0 Å². The number of likely N-dealkylation sites (N-methyl/N-ethyl adjacent to an activating group) is 1. The van der Waals surface area contributed by atoms with Crippen LogP contribution in [0.1, 0.15) is 25.3 Å². The van der Waals surface area contributed by atoms with Crippen LogP contribution in [0, 0.1) is 12.8 Å². The second kappa shape index (κ2) is 8.89. The summed E-state index contributed by atoms with van der Waals surface area (Å²) in [4.78, 5) is 14.5. The molecular weight excluding hydrogens is 290 g/mol. The van der Waals surface area contributed by atoms with Crippen LogP contribution in [0.15, 0.2) is 24.3 Å². The molecule has 0 aliphatic carbocycles. The van der Waals surface area contributed by atoms with Gasteiger partial charge in [0.05, 0.1) is 6.04 Å². The molecule has 0 bridgehead atoms. The number of rotatable bonds is 7. The summed E-state index contributed by atoms with van der Waals surface area (Å²) >= 11 is 0. The van der Waals surface area contributed by atoms with Gasteiger partial charge in [0.2, 0.25) is 5.91 Å². The van der Waals surface area contributed by atoms with E-state index < -0.39 is 6.04 Å². The van der Waals surface area contributed by atoms with Gasteiger partial charge in [-0.15, -0.1) is 0 Å². The fraction of sp³-hybridized carbons (Fsp3) is 0.611. The van der Waals surface area contributed by atoms with Gasteiger partial charge in [-0.3, -0.25) is 4.79 Å². The quantitative estimate of drug-likeness (QED) is 0.802. The number of para-hydroxylation sites is 1. The van der Waals surface area contributed by atoms with E-state index in [0.717, 1.165) is 25.9 Å². The molecule has 23 heavy (non-hydrogen) atoms. The molecule has 0 radical (unpaired) electrons. The molecule has 1 saturated heterocycles.